The fraction of sp³-hybridized carbons (Fsp3) is 0.571. The van der Waals surface area contributed by atoms with Crippen LogP contribution in [0.25, 0.3) is 0 Å². The quantitative estimate of drug-likeness (QED) is 0.790. The number of para-hydroxylation sites is 1. The van der Waals surface area contributed by atoms with E-state index in [4.69, 9.17) is 5.73 Å². The Morgan fingerprint density at radius 1 is 1.31 bits per heavy atom. The van der Waals surface area contributed by atoms with E-state index in [0.717, 1.165) is 30.6 Å². The van der Waals surface area contributed by atoms with Gasteiger partial charge in [0.05, 0.1) is 0 Å². The Morgan fingerprint density at radius 2 is 2.06 bits per heavy atom. The maximum atomic E-state index is 5.95. The lowest BCUT2D eigenvalue weighted by atomic mass is 10.1. The first kappa shape index (κ1) is 11.5. The Balaban J connectivity index is 1.90. The van der Waals surface area contributed by atoms with Crippen LogP contribution in [0.5, 0.6) is 0 Å². The first-order valence-electron chi connectivity index (χ1n) is 6.24. The van der Waals surface area contributed by atoms with Gasteiger partial charge in [0.25, 0.3) is 0 Å². The van der Waals surface area contributed by atoms with Crippen molar-refractivity contribution in [2.75, 3.05) is 18.8 Å². The highest BCUT2D eigenvalue weighted by molar-refractivity contribution is 5.46. The molecule has 2 heteroatoms. The zero-order valence-corrected chi connectivity index (χ0v) is 10.3. The molecular formula is C14H22N2. The molecule has 1 aliphatic heterocycles. The minimum Gasteiger partial charge on any atom is -0.399 e. The molecule has 0 aliphatic carbocycles. The van der Waals surface area contributed by atoms with Crippen molar-refractivity contribution < 1.29 is 0 Å². The molecular weight excluding hydrogens is 196 g/mol. The van der Waals surface area contributed by atoms with Gasteiger partial charge in [-0.15, -0.1) is 0 Å². The summed E-state index contributed by atoms with van der Waals surface area (Å²) in [6, 6.07) is 8.94. The van der Waals surface area contributed by atoms with Gasteiger partial charge in [-0.1, -0.05) is 25.1 Å². The minimum absolute atomic E-state index is 0.736. The van der Waals surface area contributed by atoms with Gasteiger partial charge in [-0.05, 0) is 37.3 Å². The third-order valence-corrected chi connectivity index (χ3v) is 3.64. The maximum Gasteiger partial charge on any atom is 0.0347 e. The van der Waals surface area contributed by atoms with Crippen LogP contribution in [0.4, 0.5) is 5.69 Å². The molecule has 0 saturated carbocycles. The Bertz CT molecular complexity index is 348. The standard InChI is InChI=1S/C14H22N2/c1-11-9-12(2)16(10-11)8-7-13-5-3-4-6-14(13)15/h3-6,11-12H,7-10,15H2,1-2H3. The number of benzene rings is 1. The smallest absolute Gasteiger partial charge is 0.0347 e. The summed E-state index contributed by atoms with van der Waals surface area (Å²) in [5.41, 5.74) is 8.17. The molecule has 0 amide bonds. The molecule has 0 radical (unpaired) electrons. The van der Waals surface area contributed by atoms with E-state index in [9.17, 15) is 0 Å². The van der Waals surface area contributed by atoms with E-state index in [1.807, 2.05) is 12.1 Å². The van der Waals surface area contributed by atoms with Crippen LogP contribution in [0.3, 0.4) is 0 Å². The number of rotatable bonds is 3. The average molecular weight is 218 g/mol. The molecule has 2 N–H and O–H groups in total. The first-order chi connectivity index (χ1) is 7.66. The van der Waals surface area contributed by atoms with Crippen LogP contribution in [0.2, 0.25) is 0 Å². The van der Waals surface area contributed by atoms with Crippen LogP contribution in [-0.4, -0.2) is 24.0 Å². The van der Waals surface area contributed by atoms with Crippen molar-refractivity contribution in [2.24, 2.45) is 5.92 Å². The van der Waals surface area contributed by atoms with Crippen LogP contribution in [0, 0.1) is 5.92 Å². The Kier molecular flexibility index (Phi) is 3.49. The van der Waals surface area contributed by atoms with Crippen molar-refractivity contribution in [2.45, 2.75) is 32.7 Å². The summed E-state index contributed by atoms with van der Waals surface area (Å²) in [5.74, 6) is 0.850. The summed E-state index contributed by atoms with van der Waals surface area (Å²) >= 11 is 0. The van der Waals surface area contributed by atoms with Crippen LogP contribution in [0.15, 0.2) is 24.3 Å². The summed E-state index contributed by atoms with van der Waals surface area (Å²) < 4.78 is 0. The molecule has 1 aliphatic rings. The first-order valence-corrected chi connectivity index (χ1v) is 6.24. The predicted octanol–water partition coefficient (Wildman–Crippen LogP) is 2.54. The van der Waals surface area contributed by atoms with Gasteiger partial charge < -0.3 is 10.6 Å². The van der Waals surface area contributed by atoms with Gasteiger partial charge in [-0.2, -0.15) is 0 Å². The molecule has 2 unspecified atom stereocenters. The summed E-state index contributed by atoms with van der Waals surface area (Å²) in [6.45, 7) is 7.05. The third kappa shape index (κ3) is 2.56. The Labute approximate surface area is 98.4 Å². The average Bonchev–Trinajstić information content (AvgIpc) is 2.56. The molecule has 1 aromatic rings. The molecule has 1 fully saturated rings. The van der Waals surface area contributed by atoms with Crippen LogP contribution in [-0.2, 0) is 6.42 Å². The number of nitrogens with zero attached hydrogens (tertiary/aromatic N) is 1. The van der Waals surface area contributed by atoms with E-state index in [2.05, 4.69) is 30.9 Å². The lowest BCUT2D eigenvalue weighted by molar-refractivity contribution is 0.269. The van der Waals surface area contributed by atoms with E-state index in [-0.39, 0.29) is 0 Å². The van der Waals surface area contributed by atoms with E-state index < -0.39 is 0 Å². The molecule has 2 rings (SSSR count). The van der Waals surface area contributed by atoms with Gasteiger partial charge in [0, 0.05) is 24.8 Å². The number of hydrogen-bond acceptors (Lipinski definition) is 2. The highest BCUT2D eigenvalue weighted by Crippen LogP contribution is 2.23. The zero-order valence-electron chi connectivity index (χ0n) is 10.3. The van der Waals surface area contributed by atoms with Crippen LogP contribution >= 0.6 is 0 Å². The molecule has 1 saturated heterocycles. The van der Waals surface area contributed by atoms with E-state index >= 15 is 0 Å². The van der Waals surface area contributed by atoms with Crippen molar-refractivity contribution >= 4 is 5.69 Å². The van der Waals surface area contributed by atoms with E-state index in [1.165, 1.54) is 18.5 Å². The number of nitrogen functional groups attached to an aromatic ring is 1. The molecule has 16 heavy (non-hydrogen) atoms. The lowest BCUT2D eigenvalue weighted by Gasteiger charge is -2.21. The van der Waals surface area contributed by atoms with Gasteiger partial charge in [0.2, 0.25) is 0 Å². The van der Waals surface area contributed by atoms with Crippen molar-refractivity contribution in [1.29, 1.82) is 0 Å². The van der Waals surface area contributed by atoms with Crippen molar-refractivity contribution in [1.82, 2.24) is 4.90 Å². The third-order valence-electron chi connectivity index (χ3n) is 3.64. The number of likely N-dealkylation sites (tertiary alicyclic amines) is 1. The largest absolute Gasteiger partial charge is 0.399 e. The van der Waals surface area contributed by atoms with E-state index in [1.54, 1.807) is 0 Å². The van der Waals surface area contributed by atoms with Gasteiger partial charge in [0.1, 0.15) is 0 Å². The van der Waals surface area contributed by atoms with Crippen molar-refractivity contribution in [3.63, 3.8) is 0 Å². The van der Waals surface area contributed by atoms with Crippen molar-refractivity contribution in [3.05, 3.63) is 29.8 Å². The lowest BCUT2D eigenvalue weighted by Crippen LogP contribution is -2.29. The predicted molar refractivity (Wildman–Crippen MR) is 69.4 cm³/mol. The molecule has 1 aromatic carbocycles. The molecule has 1 heterocycles. The molecule has 0 bridgehead atoms. The number of anilines is 1. The van der Waals surface area contributed by atoms with Gasteiger partial charge in [-0.3, -0.25) is 0 Å². The highest BCUT2D eigenvalue weighted by atomic mass is 15.2. The second kappa shape index (κ2) is 4.88. The number of hydrogen-bond donors (Lipinski definition) is 1. The topological polar surface area (TPSA) is 29.3 Å². The normalized spacial score (nSPS) is 26.1. The minimum atomic E-state index is 0.736. The second-order valence-electron chi connectivity index (χ2n) is 5.13. The summed E-state index contributed by atoms with van der Waals surface area (Å²) in [5, 5.41) is 0. The fourth-order valence-electron chi connectivity index (χ4n) is 2.72. The molecule has 0 spiro atoms. The SMILES string of the molecule is CC1CC(C)N(CCc2ccccc2N)C1. The summed E-state index contributed by atoms with van der Waals surface area (Å²) in [6.07, 6.45) is 2.41. The number of nitrogens with two attached hydrogens (primary N) is 1. The molecule has 0 aromatic heterocycles. The summed E-state index contributed by atoms with van der Waals surface area (Å²) in [4.78, 5) is 2.58. The molecule has 88 valence electrons. The van der Waals surface area contributed by atoms with Gasteiger partial charge >= 0.3 is 0 Å². The maximum absolute atomic E-state index is 5.95. The monoisotopic (exact) mass is 218 g/mol. The summed E-state index contributed by atoms with van der Waals surface area (Å²) in [7, 11) is 0. The molecule has 2 atom stereocenters. The second-order valence-corrected chi connectivity index (χ2v) is 5.13. The Hall–Kier alpha value is -1.02. The van der Waals surface area contributed by atoms with Crippen LogP contribution in [0.1, 0.15) is 25.8 Å². The highest BCUT2D eigenvalue weighted by Gasteiger charge is 2.25. The zero-order chi connectivity index (χ0) is 11.5. The molecule has 2 nitrogen and oxygen atoms in total. The Morgan fingerprint density at radius 3 is 2.69 bits per heavy atom. The van der Waals surface area contributed by atoms with Crippen molar-refractivity contribution in [3.8, 4) is 0 Å². The van der Waals surface area contributed by atoms with E-state index in [0.29, 0.717) is 0 Å². The van der Waals surface area contributed by atoms with Gasteiger partial charge in [-0.25, -0.2) is 0 Å². The van der Waals surface area contributed by atoms with Gasteiger partial charge in [0.15, 0.2) is 0 Å². The fourth-order valence-corrected chi connectivity index (χ4v) is 2.72. The van der Waals surface area contributed by atoms with Crippen LogP contribution < -0.4 is 5.73 Å².